The molecule has 1 unspecified atom stereocenters. The first-order valence-electron chi connectivity index (χ1n) is 12.7. The summed E-state index contributed by atoms with van der Waals surface area (Å²) in [6.07, 6.45) is 7.79. The van der Waals surface area contributed by atoms with Gasteiger partial charge in [0.05, 0.1) is 0 Å². The number of piperidine rings is 1. The second-order valence-electron chi connectivity index (χ2n) is 10.1. The van der Waals surface area contributed by atoms with Crippen molar-refractivity contribution >= 4 is 29.4 Å². The summed E-state index contributed by atoms with van der Waals surface area (Å²) in [6.45, 7) is 0.619. The first kappa shape index (κ1) is 24.2. The van der Waals surface area contributed by atoms with E-state index in [0.29, 0.717) is 41.6 Å². The monoisotopic (exact) mass is 519 g/mol. The van der Waals surface area contributed by atoms with Crippen LogP contribution in [0.25, 0.3) is 16.8 Å². The molecule has 0 spiro atoms. The molecule has 6 rings (SSSR count). The van der Waals surface area contributed by atoms with E-state index in [-0.39, 0.29) is 23.8 Å². The maximum absolute atomic E-state index is 13.8. The SMILES string of the molecule is Nc1nccn2c([C@@H]3CC[C@H]4CCC(=O)N4C3)nc(-c3ccc(C(=O)NC4(C(F)F)C=CN=CC4)cc3)c12. The number of hydrogen-bond acceptors (Lipinski definition) is 6. The highest BCUT2D eigenvalue weighted by Gasteiger charge is 2.40. The summed E-state index contributed by atoms with van der Waals surface area (Å²) in [7, 11) is 0. The molecule has 2 aromatic heterocycles. The van der Waals surface area contributed by atoms with Gasteiger partial charge in [-0.05, 0) is 37.5 Å². The number of anilines is 1. The third-order valence-corrected chi connectivity index (χ3v) is 7.84. The summed E-state index contributed by atoms with van der Waals surface area (Å²) in [5, 5.41) is 2.47. The predicted octanol–water partition coefficient (Wildman–Crippen LogP) is 3.57. The standard InChI is InChI=1S/C27H27F2N7O2/c28-26(29)27(9-11-31-12-10-27)34-25(38)17-3-1-16(2-4-17)21-22-23(30)32-13-14-35(22)24(33-21)18-5-6-19-7-8-20(37)36(19)15-18/h1-4,9,11-14,18-19,26H,5-8,10,15H2,(H2,30,32)(H,34,38)/t18-,19+,27?/m1/s1. The van der Waals surface area contributed by atoms with E-state index < -0.39 is 17.9 Å². The summed E-state index contributed by atoms with van der Waals surface area (Å²) in [5.74, 6) is 0.771. The zero-order chi connectivity index (χ0) is 26.4. The first-order valence-corrected chi connectivity index (χ1v) is 12.7. The number of amides is 2. The molecule has 11 heteroatoms. The Hall–Kier alpha value is -4.15. The molecule has 3 aromatic rings. The van der Waals surface area contributed by atoms with Crippen molar-refractivity contribution in [2.45, 2.75) is 56.0 Å². The fourth-order valence-corrected chi connectivity index (χ4v) is 5.73. The Morgan fingerprint density at radius 3 is 2.74 bits per heavy atom. The highest BCUT2D eigenvalue weighted by Crippen LogP contribution is 2.38. The van der Waals surface area contributed by atoms with Gasteiger partial charge < -0.3 is 16.0 Å². The number of rotatable bonds is 5. The van der Waals surface area contributed by atoms with Gasteiger partial charge in [0.1, 0.15) is 28.4 Å². The molecule has 196 valence electrons. The van der Waals surface area contributed by atoms with Crippen LogP contribution in [0, 0.1) is 0 Å². The Morgan fingerprint density at radius 1 is 1.18 bits per heavy atom. The van der Waals surface area contributed by atoms with E-state index in [2.05, 4.69) is 15.3 Å². The summed E-state index contributed by atoms with van der Waals surface area (Å²) in [5.41, 5.74) is 6.71. The maximum atomic E-state index is 13.8. The van der Waals surface area contributed by atoms with E-state index in [0.717, 1.165) is 25.1 Å². The maximum Gasteiger partial charge on any atom is 0.265 e. The number of alkyl halides is 2. The topological polar surface area (TPSA) is 118 Å². The second kappa shape index (κ2) is 9.30. The molecule has 3 aliphatic heterocycles. The van der Waals surface area contributed by atoms with Crippen LogP contribution in [-0.4, -0.2) is 61.8 Å². The van der Waals surface area contributed by atoms with E-state index in [9.17, 15) is 18.4 Å². The predicted molar refractivity (Wildman–Crippen MR) is 138 cm³/mol. The number of halogens is 2. The molecule has 0 saturated carbocycles. The number of nitrogens with two attached hydrogens (primary N) is 1. The van der Waals surface area contributed by atoms with Crippen molar-refractivity contribution < 1.29 is 18.4 Å². The number of imidazole rings is 1. The Kier molecular flexibility index (Phi) is 5.93. The third-order valence-electron chi connectivity index (χ3n) is 7.84. The quantitative estimate of drug-likeness (QED) is 0.534. The number of nitrogens with one attached hydrogen (secondary N) is 1. The van der Waals surface area contributed by atoms with Gasteiger partial charge in [0, 0.05) is 67.3 Å². The van der Waals surface area contributed by atoms with Crippen molar-refractivity contribution in [3.05, 3.63) is 60.3 Å². The average molecular weight is 520 g/mol. The van der Waals surface area contributed by atoms with E-state index >= 15 is 0 Å². The highest BCUT2D eigenvalue weighted by molar-refractivity contribution is 5.96. The Labute approximate surface area is 217 Å². The molecule has 3 atom stereocenters. The van der Waals surface area contributed by atoms with E-state index in [4.69, 9.17) is 10.7 Å². The molecule has 3 N–H and O–H groups in total. The van der Waals surface area contributed by atoms with Crippen molar-refractivity contribution in [1.82, 2.24) is 24.6 Å². The molecule has 0 aliphatic carbocycles. The number of carbonyl (C=O) groups is 2. The fraction of sp³-hybridized carbons (Fsp3) is 0.370. The molecular weight excluding hydrogens is 492 g/mol. The molecule has 2 saturated heterocycles. The second-order valence-corrected chi connectivity index (χ2v) is 10.1. The summed E-state index contributed by atoms with van der Waals surface area (Å²) in [6, 6.07) is 6.92. The Bertz CT molecular complexity index is 1470. The van der Waals surface area contributed by atoms with E-state index in [1.807, 2.05) is 15.5 Å². The first-order chi connectivity index (χ1) is 18.4. The van der Waals surface area contributed by atoms with Crippen molar-refractivity contribution in [3.63, 3.8) is 0 Å². The molecule has 5 heterocycles. The number of benzene rings is 1. The van der Waals surface area contributed by atoms with E-state index in [1.165, 1.54) is 18.5 Å². The van der Waals surface area contributed by atoms with Crippen molar-refractivity contribution in [2.24, 2.45) is 4.99 Å². The van der Waals surface area contributed by atoms with Crippen LogP contribution < -0.4 is 11.1 Å². The van der Waals surface area contributed by atoms with Crippen LogP contribution in [0.5, 0.6) is 0 Å². The lowest BCUT2D eigenvalue weighted by atomic mass is 9.92. The van der Waals surface area contributed by atoms with Gasteiger partial charge in [0.25, 0.3) is 12.3 Å². The minimum atomic E-state index is -2.79. The van der Waals surface area contributed by atoms with Gasteiger partial charge in [-0.15, -0.1) is 0 Å². The summed E-state index contributed by atoms with van der Waals surface area (Å²) >= 11 is 0. The molecule has 3 aliphatic rings. The number of nitrogens with zero attached hydrogens (tertiary/aromatic N) is 5. The molecule has 1 aromatic carbocycles. The average Bonchev–Trinajstić information content (AvgIpc) is 3.50. The lowest BCUT2D eigenvalue weighted by Gasteiger charge is -2.34. The Balaban J connectivity index is 1.30. The molecule has 0 radical (unpaired) electrons. The fourth-order valence-electron chi connectivity index (χ4n) is 5.73. The van der Waals surface area contributed by atoms with Gasteiger partial charge in [-0.1, -0.05) is 12.1 Å². The summed E-state index contributed by atoms with van der Waals surface area (Å²) < 4.78 is 29.5. The van der Waals surface area contributed by atoms with Gasteiger partial charge in [-0.3, -0.25) is 19.0 Å². The molecule has 2 fully saturated rings. The van der Waals surface area contributed by atoms with Crippen LogP contribution in [-0.2, 0) is 4.79 Å². The molecule has 9 nitrogen and oxygen atoms in total. The molecule has 38 heavy (non-hydrogen) atoms. The normalized spacial score (nSPS) is 24.8. The molecular formula is C27H27F2N7O2. The third kappa shape index (κ3) is 4.02. The number of aromatic nitrogens is 3. The van der Waals surface area contributed by atoms with Gasteiger partial charge in [0.2, 0.25) is 5.91 Å². The smallest absolute Gasteiger partial charge is 0.265 e. The van der Waals surface area contributed by atoms with Crippen LogP contribution in [0.1, 0.15) is 54.2 Å². The van der Waals surface area contributed by atoms with Crippen molar-refractivity contribution in [1.29, 1.82) is 0 Å². The molecule has 2 amide bonds. The lowest BCUT2D eigenvalue weighted by molar-refractivity contribution is -0.130. The van der Waals surface area contributed by atoms with Crippen molar-refractivity contribution in [3.8, 4) is 11.3 Å². The minimum Gasteiger partial charge on any atom is -0.382 e. The van der Waals surface area contributed by atoms with E-state index in [1.54, 1.807) is 30.5 Å². The van der Waals surface area contributed by atoms with Gasteiger partial charge in [0.15, 0.2) is 0 Å². The lowest BCUT2D eigenvalue weighted by Crippen LogP contribution is -2.53. The Morgan fingerprint density at radius 2 is 2.00 bits per heavy atom. The van der Waals surface area contributed by atoms with Gasteiger partial charge in [-0.25, -0.2) is 18.7 Å². The molecule has 0 bridgehead atoms. The van der Waals surface area contributed by atoms with Gasteiger partial charge >= 0.3 is 0 Å². The van der Waals surface area contributed by atoms with Crippen LogP contribution in [0.15, 0.2) is 53.9 Å². The zero-order valence-electron chi connectivity index (χ0n) is 20.6. The van der Waals surface area contributed by atoms with Crippen LogP contribution in [0.3, 0.4) is 0 Å². The number of hydrogen-bond donors (Lipinski definition) is 2. The zero-order valence-corrected chi connectivity index (χ0v) is 20.6. The largest absolute Gasteiger partial charge is 0.382 e. The number of carbonyl (C=O) groups excluding carboxylic acids is 2. The highest BCUT2D eigenvalue weighted by atomic mass is 19.3. The van der Waals surface area contributed by atoms with Crippen LogP contribution in [0.2, 0.25) is 0 Å². The summed E-state index contributed by atoms with van der Waals surface area (Å²) in [4.78, 5) is 40.3. The van der Waals surface area contributed by atoms with Crippen molar-refractivity contribution in [2.75, 3.05) is 12.3 Å². The number of fused-ring (bicyclic) bond motifs is 2. The number of nitrogen functional groups attached to an aromatic ring is 1. The minimum absolute atomic E-state index is 0.0547. The van der Waals surface area contributed by atoms with Gasteiger partial charge in [-0.2, -0.15) is 0 Å². The van der Waals surface area contributed by atoms with Crippen LogP contribution in [0.4, 0.5) is 14.6 Å². The van der Waals surface area contributed by atoms with Crippen LogP contribution >= 0.6 is 0 Å². The number of aliphatic imine (C=N–C) groups is 1.